The first-order valence-electron chi connectivity index (χ1n) is 5.53. The van der Waals surface area contributed by atoms with Gasteiger partial charge in [0.2, 0.25) is 5.95 Å². The zero-order valence-electron chi connectivity index (χ0n) is 10.5. The van der Waals surface area contributed by atoms with Crippen molar-refractivity contribution in [3.05, 3.63) is 11.9 Å². The highest BCUT2D eigenvalue weighted by atomic mass is 16.1. The van der Waals surface area contributed by atoms with Crippen LogP contribution in [0.5, 0.6) is 0 Å². The molecule has 0 bridgehead atoms. The van der Waals surface area contributed by atoms with Crippen LogP contribution in [-0.2, 0) is 0 Å². The average Bonchev–Trinajstić information content (AvgIpc) is 2.37. The normalized spacial score (nSPS) is 10.6. The summed E-state index contributed by atoms with van der Waals surface area (Å²) in [6.45, 7) is 1.77. The van der Waals surface area contributed by atoms with Crippen molar-refractivity contribution in [2.45, 2.75) is 13.3 Å². The number of carbonyl (C=O) groups excluding carboxylic acids is 1. The first-order valence-corrected chi connectivity index (χ1v) is 5.53. The number of hydrogen-bond acceptors (Lipinski definition) is 7. The Bertz CT molecular complexity index is 610. The van der Waals surface area contributed by atoms with Gasteiger partial charge in [0.25, 0.3) is 0 Å². The van der Waals surface area contributed by atoms with Gasteiger partial charge in [-0.2, -0.15) is 9.97 Å². The molecule has 0 unspecified atom stereocenters. The van der Waals surface area contributed by atoms with Gasteiger partial charge >= 0.3 is 0 Å². The molecule has 0 aliphatic rings. The Balaban J connectivity index is 2.61. The highest BCUT2D eigenvalue weighted by Gasteiger charge is 2.12. The minimum Gasteiger partial charge on any atom is -0.382 e. The number of nitrogen functional groups attached to an aromatic ring is 1. The van der Waals surface area contributed by atoms with E-state index in [2.05, 4.69) is 19.9 Å². The van der Waals surface area contributed by atoms with Crippen LogP contribution in [0.4, 0.5) is 11.8 Å². The van der Waals surface area contributed by atoms with Crippen LogP contribution in [0.1, 0.15) is 23.8 Å². The van der Waals surface area contributed by atoms with E-state index < -0.39 is 0 Å². The van der Waals surface area contributed by atoms with Crippen molar-refractivity contribution >= 4 is 28.7 Å². The molecule has 7 nitrogen and oxygen atoms in total. The van der Waals surface area contributed by atoms with Crippen LogP contribution in [0, 0.1) is 0 Å². The maximum absolute atomic E-state index is 11.6. The number of rotatable bonds is 3. The van der Waals surface area contributed by atoms with E-state index in [0.29, 0.717) is 23.5 Å². The number of ketones is 1. The fraction of sp³-hybridized carbons (Fsp3) is 0.364. The van der Waals surface area contributed by atoms with Crippen molar-refractivity contribution in [3.8, 4) is 0 Å². The monoisotopic (exact) mass is 246 g/mol. The quantitative estimate of drug-likeness (QED) is 0.794. The number of fused-ring (bicyclic) bond motifs is 1. The van der Waals surface area contributed by atoms with E-state index in [1.807, 2.05) is 14.1 Å². The molecule has 0 aliphatic heterocycles. The lowest BCUT2D eigenvalue weighted by Gasteiger charge is -2.11. The van der Waals surface area contributed by atoms with Gasteiger partial charge in [0.15, 0.2) is 22.8 Å². The Morgan fingerprint density at radius 1 is 1.33 bits per heavy atom. The molecule has 0 aromatic carbocycles. The van der Waals surface area contributed by atoms with Gasteiger partial charge in [0.05, 0.1) is 6.20 Å². The largest absolute Gasteiger partial charge is 0.382 e. The van der Waals surface area contributed by atoms with E-state index in [1.165, 1.54) is 6.20 Å². The second-order valence-corrected chi connectivity index (χ2v) is 4.01. The van der Waals surface area contributed by atoms with Crippen molar-refractivity contribution in [2.75, 3.05) is 24.7 Å². The summed E-state index contributed by atoms with van der Waals surface area (Å²) in [6, 6.07) is 0. The van der Waals surface area contributed by atoms with Crippen LogP contribution in [0.2, 0.25) is 0 Å². The molecule has 0 saturated carbocycles. The van der Waals surface area contributed by atoms with Crippen LogP contribution in [0.25, 0.3) is 11.2 Å². The Morgan fingerprint density at radius 2 is 2.06 bits per heavy atom. The summed E-state index contributed by atoms with van der Waals surface area (Å²) >= 11 is 0. The Kier molecular flexibility index (Phi) is 3.05. The smallest absolute Gasteiger partial charge is 0.228 e. The Labute approximate surface area is 104 Å². The molecule has 7 heteroatoms. The molecular formula is C11H14N6O. The first-order chi connectivity index (χ1) is 8.52. The summed E-state index contributed by atoms with van der Waals surface area (Å²) in [6.07, 6.45) is 1.79. The lowest BCUT2D eigenvalue weighted by atomic mass is 10.2. The van der Waals surface area contributed by atoms with Gasteiger partial charge < -0.3 is 10.6 Å². The summed E-state index contributed by atoms with van der Waals surface area (Å²) in [5.74, 6) is 0.603. The molecule has 18 heavy (non-hydrogen) atoms. The molecule has 0 amide bonds. The summed E-state index contributed by atoms with van der Waals surface area (Å²) < 4.78 is 0. The molecule has 2 rings (SSSR count). The molecule has 0 aliphatic carbocycles. The summed E-state index contributed by atoms with van der Waals surface area (Å²) in [7, 11) is 3.62. The van der Waals surface area contributed by atoms with Crippen molar-refractivity contribution in [1.29, 1.82) is 0 Å². The van der Waals surface area contributed by atoms with E-state index >= 15 is 0 Å². The molecule has 2 aromatic heterocycles. The number of nitrogens with zero attached hydrogens (tertiary/aromatic N) is 5. The number of anilines is 2. The zero-order valence-corrected chi connectivity index (χ0v) is 10.5. The van der Waals surface area contributed by atoms with E-state index in [1.54, 1.807) is 11.8 Å². The highest BCUT2D eigenvalue weighted by Crippen LogP contribution is 2.17. The third kappa shape index (κ3) is 2.06. The molecule has 2 aromatic rings. The first kappa shape index (κ1) is 12.2. The fourth-order valence-electron chi connectivity index (χ4n) is 1.43. The number of hydrogen-bond donors (Lipinski definition) is 1. The van der Waals surface area contributed by atoms with Gasteiger partial charge in [0, 0.05) is 20.5 Å². The van der Waals surface area contributed by atoms with Gasteiger partial charge in [-0.15, -0.1) is 0 Å². The van der Waals surface area contributed by atoms with Crippen LogP contribution in [0.3, 0.4) is 0 Å². The molecule has 0 spiro atoms. The van der Waals surface area contributed by atoms with Crippen molar-refractivity contribution in [2.24, 2.45) is 0 Å². The summed E-state index contributed by atoms with van der Waals surface area (Å²) in [4.78, 5) is 29.9. The predicted octanol–water partition coefficient (Wildman–Crippen LogP) is 0.661. The van der Waals surface area contributed by atoms with Gasteiger partial charge in [-0.25, -0.2) is 9.97 Å². The summed E-state index contributed by atoms with van der Waals surface area (Å²) in [5, 5.41) is 0. The predicted molar refractivity (Wildman–Crippen MR) is 68.5 cm³/mol. The molecule has 0 fully saturated rings. The molecule has 2 N–H and O–H groups in total. The molecule has 0 atom stereocenters. The van der Waals surface area contributed by atoms with E-state index in [0.717, 1.165) is 0 Å². The lowest BCUT2D eigenvalue weighted by Crippen LogP contribution is -2.15. The van der Waals surface area contributed by atoms with Crippen molar-refractivity contribution < 1.29 is 4.79 Å². The number of carbonyl (C=O) groups is 1. The third-order valence-electron chi connectivity index (χ3n) is 2.43. The minimum atomic E-state index is -0.0829. The Morgan fingerprint density at radius 3 is 2.67 bits per heavy atom. The zero-order chi connectivity index (χ0) is 13.3. The Hall–Kier alpha value is -2.31. The lowest BCUT2D eigenvalue weighted by molar-refractivity contribution is 0.0983. The molecule has 94 valence electrons. The van der Waals surface area contributed by atoms with Crippen molar-refractivity contribution in [3.63, 3.8) is 0 Å². The summed E-state index contributed by atoms with van der Waals surface area (Å²) in [5.41, 5.74) is 6.85. The third-order valence-corrected chi connectivity index (χ3v) is 2.43. The second kappa shape index (κ2) is 4.52. The van der Waals surface area contributed by atoms with Gasteiger partial charge in [0.1, 0.15) is 5.69 Å². The van der Waals surface area contributed by atoms with Gasteiger partial charge in [-0.05, 0) is 0 Å². The maximum atomic E-state index is 11.6. The minimum absolute atomic E-state index is 0.0829. The highest BCUT2D eigenvalue weighted by molar-refractivity contribution is 5.96. The topological polar surface area (TPSA) is 97.9 Å². The number of nitrogens with two attached hydrogens (primary N) is 1. The number of Topliss-reactive ketones (excluding diaryl/α,β-unsaturated/α-hetero) is 1. The number of aromatic nitrogens is 4. The molecule has 2 heterocycles. The maximum Gasteiger partial charge on any atom is 0.228 e. The average molecular weight is 246 g/mol. The molecular weight excluding hydrogens is 232 g/mol. The van der Waals surface area contributed by atoms with Crippen molar-refractivity contribution in [1.82, 2.24) is 19.9 Å². The van der Waals surface area contributed by atoms with Crippen LogP contribution < -0.4 is 10.6 Å². The molecule has 0 saturated heterocycles. The second-order valence-electron chi connectivity index (χ2n) is 4.01. The van der Waals surface area contributed by atoms with Crippen LogP contribution >= 0.6 is 0 Å². The standard InChI is InChI=1S/C11H14N6O/c1-4-7(18)6-5-13-10-8(14-6)9(12)15-11(16-10)17(2)3/h5H,4H2,1-3H3,(H2,12,13,15,16). The van der Waals surface area contributed by atoms with E-state index in [9.17, 15) is 4.79 Å². The molecule has 0 radical (unpaired) electrons. The van der Waals surface area contributed by atoms with Crippen LogP contribution in [-0.4, -0.2) is 39.8 Å². The van der Waals surface area contributed by atoms with E-state index in [4.69, 9.17) is 5.73 Å². The van der Waals surface area contributed by atoms with Gasteiger partial charge in [-0.3, -0.25) is 4.79 Å². The van der Waals surface area contributed by atoms with E-state index in [-0.39, 0.29) is 17.3 Å². The van der Waals surface area contributed by atoms with Gasteiger partial charge in [-0.1, -0.05) is 6.92 Å². The fourth-order valence-corrected chi connectivity index (χ4v) is 1.43. The van der Waals surface area contributed by atoms with Crippen LogP contribution in [0.15, 0.2) is 6.20 Å². The SMILES string of the molecule is CCC(=O)c1cnc2nc(N(C)C)nc(N)c2n1.